The van der Waals surface area contributed by atoms with E-state index in [1.807, 2.05) is 44.2 Å². The predicted octanol–water partition coefficient (Wildman–Crippen LogP) is 4.26. The van der Waals surface area contributed by atoms with E-state index in [1.54, 1.807) is 0 Å². The Bertz CT molecular complexity index is 906. The van der Waals surface area contributed by atoms with Crippen molar-refractivity contribution in [1.82, 2.24) is 10.2 Å². The lowest BCUT2D eigenvalue weighted by Crippen LogP contribution is -2.46. The first-order valence-corrected chi connectivity index (χ1v) is 10.8. The molecule has 2 heterocycles. The fourth-order valence-corrected chi connectivity index (χ4v) is 4.92. The molecule has 2 aromatic carbocycles. The summed E-state index contributed by atoms with van der Waals surface area (Å²) in [6.07, 6.45) is 3.37. The molecule has 0 radical (unpaired) electrons. The summed E-state index contributed by atoms with van der Waals surface area (Å²) in [5, 5.41) is 6.67. The Morgan fingerprint density at radius 2 is 1.93 bits per heavy atom. The van der Waals surface area contributed by atoms with Crippen LogP contribution in [0.25, 0.3) is 5.57 Å². The predicted molar refractivity (Wildman–Crippen MR) is 120 cm³/mol. The third-order valence-electron chi connectivity index (χ3n) is 6.27. The van der Waals surface area contributed by atoms with Gasteiger partial charge < -0.3 is 10.6 Å². The molecular weight excluding hydrogens is 358 g/mol. The minimum Gasteiger partial charge on any atom is -0.384 e. The van der Waals surface area contributed by atoms with Gasteiger partial charge in [-0.3, -0.25) is 9.69 Å². The Hall–Kier alpha value is -2.59. The van der Waals surface area contributed by atoms with Crippen LogP contribution in [-0.2, 0) is 11.3 Å². The maximum atomic E-state index is 12.9. The van der Waals surface area contributed by atoms with E-state index in [0.717, 1.165) is 25.1 Å². The van der Waals surface area contributed by atoms with E-state index in [4.69, 9.17) is 0 Å². The molecule has 3 atom stereocenters. The van der Waals surface area contributed by atoms with Crippen molar-refractivity contribution in [2.75, 3.05) is 25.5 Å². The van der Waals surface area contributed by atoms with E-state index >= 15 is 0 Å². The van der Waals surface area contributed by atoms with Crippen molar-refractivity contribution >= 4 is 17.2 Å². The van der Waals surface area contributed by atoms with E-state index in [1.165, 1.54) is 22.4 Å². The number of fused-ring (bicyclic) bond motifs is 2. The van der Waals surface area contributed by atoms with Crippen LogP contribution in [0.1, 0.15) is 42.9 Å². The van der Waals surface area contributed by atoms with Crippen LogP contribution >= 0.6 is 0 Å². The molecule has 1 amide bonds. The first-order valence-electron chi connectivity index (χ1n) is 10.8. The molecule has 2 N–H and O–H groups in total. The van der Waals surface area contributed by atoms with Crippen LogP contribution in [0.2, 0.25) is 0 Å². The molecule has 1 aliphatic carbocycles. The van der Waals surface area contributed by atoms with Crippen molar-refractivity contribution < 1.29 is 4.79 Å². The van der Waals surface area contributed by atoms with E-state index in [9.17, 15) is 4.79 Å². The number of anilines is 1. The van der Waals surface area contributed by atoms with Gasteiger partial charge in [0, 0.05) is 37.3 Å². The maximum Gasteiger partial charge on any atom is 0.228 e. The van der Waals surface area contributed by atoms with Crippen LogP contribution < -0.4 is 10.6 Å². The van der Waals surface area contributed by atoms with Gasteiger partial charge in [0.15, 0.2) is 0 Å². The van der Waals surface area contributed by atoms with Gasteiger partial charge in [-0.25, -0.2) is 0 Å². The summed E-state index contributed by atoms with van der Waals surface area (Å²) in [5.41, 5.74) is 6.54. The zero-order chi connectivity index (χ0) is 20.4. The summed E-state index contributed by atoms with van der Waals surface area (Å²) in [5.74, 6) is 0.598. The monoisotopic (exact) mass is 389 g/mol. The largest absolute Gasteiger partial charge is 0.384 e. The SMILES string of the molecule is CC.CN1CC(C(=O)NCc2ccccc2)C=C2c3cccc4c3C(CN4)CC21. The zero-order valence-corrected chi connectivity index (χ0v) is 17.6. The van der Waals surface area contributed by atoms with E-state index in [2.05, 4.69) is 46.9 Å². The van der Waals surface area contributed by atoms with Crippen LogP contribution in [-0.4, -0.2) is 37.0 Å². The van der Waals surface area contributed by atoms with Crippen molar-refractivity contribution in [1.29, 1.82) is 0 Å². The summed E-state index contributed by atoms with van der Waals surface area (Å²) in [4.78, 5) is 15.2. The fraction of sp³-hybridized carbons (Fsp3) is 0.400. The summed E-state index contributed by atoms with van der Waals surface area (Å²) in [7, 11) is 2.16. The minimum atomic E-state index is -0.105. The van der Waals surface area contributed by atoms with Crippen molar-refractivity contribution in [2.24, 2.45) is 5.92 Å². The van der Waals surface area contributed by atoms with E-state index < -0.39 is 0 Å². The molecule has 3 aliphatic rings. The molecular formula is C25H31N3O. The summed E-state index contributed by atoms with van der Waals surface area (Å²) < 4.78 is 0. The summed E-state index contributed by atoms with van der Waals surface area (Å²) in [6, 6.07) is 17.0. The molecule has 0 aromatic heterocycles. The lowest BCUT2D eigenvalue weighted by Gasteiger charge is -2.41. The van der Waals surface area contributed by atoms with E-state index in [0.29, 0.717) is 18.5 Å². The molecule has 4 nitrogen and oxygen atoms in total. The van der Waals surface area contributed by atoms with Gasteiger partial charge in [0.2, 0.25) is 5.91 Å². The number of nitrogens with one attached hydrogen (secondary N) is 2. The van der Waals surface area contributed by atoms with Gasteiger partial charge in [-0.2, -0.15) is 0 Å². The highest BCUT2D eigenvalue weighted by Crippen LogP contribution is 2.48. The number of benzene rings is 2. The maximum absolute atomic E-state index is 12.9. The first kappa shape index (κ1) is 19.7. The van der Waals surface area contributed by atoms with Crippen LogP contribution in [0.3, 0.4) is 0 Å². The van der Waals surface area contributed by atoms with Crippen LogP contribution in [0.4, 0.5) is 5.69 Å². The lowest BCUT2D eigenvalue weighted by molar-refractivity contribution is -0.124. The third kappa shape index (κ3) is 3.69. The number of carbonyl (C=O) groups is 1. The normalized spacial score (nSPS) is 24.2. The second-order valence-corrected chi connectivity index (χ2v) is 7.97. The zero-order valence-electron chi connectivity index (χ0n) is 17.6. The second-order valence-electron chi connectivity index (χ2n) is 7.97. The smallest absolute Gasteiger partial charge is 0.228 e. The van der Waals surface area contributed by atoms with Gasteiger partial charge in [0.25, 0.3) is 0 Å². The Labute approximate surface area is 174 Å². The van der Waals surface area contributed by atoms with Crippen molar-refractivity contribution in [3.8, 4) is 0 Å². The van der Waals surface area contributed by atoms with Crippen LogP contribution in [0.15, 0.2) is 54.6 Å². The summed E-state index contributed by atoms with van der Waals surface area (Å²) >= 11 is 0. The number of amides is 1. The molecule has 29 heavy (non-hydrogen) atoms. The third-order valence-corrected chi connectivity index (χ3v) is 6.27. The number of carbonyl (C=O) groups excluding carboxylic acids is 1. The Morgan fingerprint density at radius 1 is 1.14 bits per heavy atom. The standard InChI is InChI=1S/C23H25N3O.C2H6/c1-26-14-17(23(27)25-12-15-6-3-2-4-7-15)10-19-18-8-5-9-20-22(18)16(13-24-20)11-21(19)26;1-2/h2-10,16-17,21,24H,11-14H2,1H3,(H,25,27);1-2H3. The molecule has 3 unspecified atom stereocenters. The molecule has 0 spiro atoms. The number of nitrogens with zero attached hydrogens (tertiary/aromatic N) is 1. The lowest BCUT2D eigenvalue weighted by atomic mass is 9.74. The Morgan fingerprint density at radius 3 is 2.72 bits per heavy atom. The van der Waals surface area contributed by atoms with Gasteiger partial charge in [-0.05, 0) is 41.8 Å². The Balaban J connectivity index is 0.000000994. The molecule has 2 aliphatic heterocycles. The highest BCUT2D eigenvalue weighted by atomic mass is 16.1. The molecule has 0 saturated carbocycles. The van der Waals surface area contributed by atoms with Crippen molar-refractivity contribution in [2.45, 2.75) is 38.8 Å². The molecule has 0 fully saturated rings. The topological polar surface area (TPSA) is 44.4 Å². The number of hydrogen-bond acceptors (Lipinski definition) is 3. The van der Waals surface area contributed by atoms with Gasteiger partial charge >= 0.3 is 0 Å². The quantitative estimate of drug-likeness (QED) is 0.825. The molecule has 152 valence electrons. The Kier molecular flexibility index (Phi) is 5.72. The van der Waals surface area contributed by atoms with Gasteiger partial charge in [-0.1, -0.05) is 62.4 Å². The van der Waals surface area contributed by atoms with Gasteiger partial charge in [0.05, 0.1) is 5.92 Å². The highest BCUT2D eigenvalue weighted by Gasteiger charge is 2.40. The average molecular weight is 390 g/mol. The molecule has 2 aromatic rings. The second kappa shape index (κ2) is 8.42. The fourth-order valence-electron chi connectivity index (χ4n) is 4.92. The minimum absolute atomic E-state index is 0.105. The first-order chi connectivity index (χ1) is 14.2. The molecule has 0 saturated heterocycles. The van der Waals surface area contributed by atoms with Gasteiger partial charge in [0.1, 0.15) is 0 Å². The molecule has 4 heteroatoms. The molecule has 5 rings (SSSR count). The van der Waals surface area contributed by atoms with E-state index in [-0.39, 0.29) is 11.8 Å². The number of hydrogen-bond donors (Lipinski definition) is 2. The van der Waals surface area contributed by atoms with Crippen LogP contribution in [0, 0.1) is 5.92 Å². The number of rotatable bonds is 3. The van der Waals surface area contributed by atoms with Crippen molar-refractivity contribution in [3.05, 3.63) is 71.3 Å². The number of likely N-dealkylation sites (N-methyl/N-ethyl adjacent to an activating group) is 1. The van der Waals surface area contributed by atoms with Crippen molar-refractivity contribution in [3.63, 3.8) is 0 Å². The van der Waals surface area contributed by atoms with Crippen LogP contribution in [0.5, 0.6) is 0 Å². The molecule has 0 bridgehead atoms. The van der Waals surface area contributed by atoms with Gasteiger partial charge in [-0.15, -0.1) is 0 Å². The average Bonchev–Trinajstić information content (AvgIpc) is 3.19. The summed E-state index contributed by atoms with van der Waals surface area (Å²) in [6.45, 7) is 6.40. The highest BCUT2D eigenvalue weighted by molar-refractivity contribution is 5.87.